The van der Waals surface area contributed by atoms with Gasteiger partial charge in [0.1, 0.15) is 17.2 Å². The molecule has 24 heavy (non-hydrogen) atoms. The highest BCUT2D eigenvalue weighted by atomic mass is 16.5. The van der Waals surface area contributed by atoms with Crippen molar-refractivity contribution in [2.45, 2.75) is 0 Å². The highest BCUT2D eigenvalue weighted by molar-refractivity contribution is 5.94. The third-order valence-corrected chi connectivity index (χ3v) is 3.78. The molecule has 6 nitrogen and oxygen atoms in total. The maximum absolute atomic E-state index is 12.3. The Morgan fingerprint density at radius 2 is 1.71 bits per heavy atom. The molecule has 3 aromatic rings. The lowest BCUT2D eigenvalue weighted by molar-refractivity contribution is 0.0691. The fourth-order valence-corrected chi connectivity index (χ4v) is 2.54. The van der Waals surface area contributed by atoms with E-state index in [0.717, 1.165) is 22.9 Å². The first-order chi connectivity index (χ1) is 11.5. The van der Waals surface area contributed by atoms with Gasteiger partial charge in [0.25, 0.3) is 0 Å². The lowest BCUT2D eigenvalue weighted by Gasteiger charge is -2.10. The Bertz CT molecular complexity index is 973. The number of nitrogens with one attached hydrogen (secondary N) is 1. The number of rotatable bonds is 4. The standard InChI is InChI=1S/C18H15NO5/c1-23-12-5-3-10(4-6-12)11-7-13-15(20)9-14(18(21)22)19-17(13)16(8-11)24-2/h3-9H,1-2H3,(H,19,20)(H,21,22). The summed E-state index contributed by atoms with van der Waals surface area (Å²) in [5.41, 5.74) is 1.48. The second-order valence-electron chi connectivity index (χ2n) is 5.18. The Morgan fingerprint density at radius 1 is 1.00 bits per heavy atom. The van der Waals surface area contributed by atoms with E-state index in [0.29, 0.717) is 16.7 Å². The summed E-state index contributed by atoms with van der Waals surface area (Å²) in [5, 5.41) is 9.46. The molecule has 0 fully saturated rings. The number of methoxy groups -OCH3 is 2. The molecular formula is C18H15NO5. The van der Waals surface area contributed by atoms with E-state index in [4.69, 9.17) is 14.6 Å². The number of carboxylic acids is 1. The van der Waals surface area contributed by atoms with Gasteiger partial charge in [-0.25, -0.2) is 4.79 Å². The molecule has 3 rings (SSSR count). The highest BCUT2D eigenvalue weighted by Gasteiger charge is 2.13. The monoisotopic (exact) mass is 325 g/mol. The van der Waals surface area contributed by atoms with Crippen molar-refractivity contribution in [1.82, 2.24) is 4.98 Å². The van der Waals surface area contributed by atoms with E-state index in [2.05, 4.69) is 4.98 Å². The van der Waals surface area contributed by atoms with E-state index in [-0.39, 0.29) is 11.1 Å². The largest absolute Gasteiger partial charge is 0.497 e. The van der Waals surface area contributed by atoms with Crippen molar-refractivity contribution in [2.75, 3.05) is 14.2 Å². The molecule has 2 aromatic carbocycles. The van der Waals surface area contributed by atoms with E-state index < -0.39 is 5.97 Å². The molecule has 0 aliphatic heterocycles. The Kier molecular flexibility index (Phi) is 3.95. The van der Waals surface area contributed by atoms with Crippen molar-refractivity contribution >= 4 is 16.9 Å². The quantitative estimate of drug-likeness (QED) is 0.770. The fraction of sp³-hybridized carbons (Fsp3) is 0.111. The number of ether oxygens (including phenoxy) is 2. The summed E-state index contributed by atoms with van der Waals surface area (Å²) in [6.07, 6.45) is 0. The van der Waals surface area contributed by atoms with Crippen LogP contribution < -0.4 is 14.9 Å². The molecule has 0 bridgehead atoms. The molecule has 0 aliphatic carbocycles. The Balaban J connectivity index is 2.24. The fourth-order valence-electron chi connectivity index (χ4n) is 2.54. The number of carbonyl (C=O) groups is 1. The first kappa shape index (κ1) is 15.6. The van der Waals surface area contributed by atoms with Crippen LogP contribution in [0.1, 0.15) is 10.5 Å². The molecule has 122 valence electrons. The van der Waals surface area contributed by atoms with Gasteiger partial charge in [0.2, 0.25) is 0 Å². The summed E-state index contributed by atoms with van der Waals surface area (Å²) >= 11 is 0. The molecule has 0 unspecified atom stereocenters. The van der Waals surface area contributed by atoms with Gasteiger partial charge in [-0.15, -0.1) is 0 Å². The van der Waals surface area contributed by atoms with Crippen molar-refractivity contribution in [3.05, 3.63) is 58.4 Å². The van der Waals surface area contributed by atoms with Crippen LogP contribution in [-0.4, -0.2) is 30.3 Å². The summed E-state index contributed by atoms with van der Waals surface area (Å²) < 4.78 is 10.5. The van der Waals surface area contributed by atoms with Gasteiger partial charge in [-0.05, 0) is 35.4 Å². The average molecular weight is 325 g/mol. The minimum Gasteiger partial charge on any atom is -0.497 e. The van der Waals surface area contributed by atoms with Crippen LogP contribution in [0.4, 0.5) is 0 Å². The summed E-state index contributed by atoms with van der Waals surface area (Å²) in [7, 11) is 3.06. The van der Waals surface area contributed by atoms with Crippen LogP contribution in [0.25, 0.3) is 22.0 Å². The normalized spacial score (nSPS) is 10.6. The maximum atomic E-state index is 12.3. The molecule has 0 amide bonds. The minimum absolute atomic E-state index is 0.178. The Hall–Kier alpha value is -3.28. The van der Waals surface area contributed by atoms with Gasteiger partial charge in [-0.1, -0.05) is 12.1 Å². The van der Waals surface area contributed by atoms with Crippen molar-refractivity contribution < 1.29 is 19.4 Å². The predicted molar refractivity (Wildman–Crippen MR) is 90.1 cm³/mol. The van der Waals surface area contributed by atoms with Gasteiger partial charge in [0.05, 0.1) is 19.7 Å². The molecule has 0 atom stereocenters. The number of pyridine rings is 1. The minimum atomic E-state index is -1.20. The lowest BCUT2D eigenvalue weighted by Crippen LogP contribution is -2.10. The van der Waals surface area contributed by atoms with Crippen LogP contribution in [0.2, 0.25) is 0 Å². The predicted octanol–water partition coefficient (Wildman–Crippen LogP) is 2.91. The second kappa shape index (κ2) is 6.08. The molecule has 0 radical (unpaired) electrons. The Labute approximate surface area is 137 Å². The van der Waals surface area contributed by atoms with Crippen molar-refractivity contribution in [3.63, 3.8) is 0 Å². The zero-order valence-corrected chi connectivity index (χ0v) is 13.1. The summed E-state index contributed by atoms with van der Waals surface area (Å²) in [5.74, 6) is -0.0655. The third-order valence-electron chi connectivity index (χ3n) is 3.78. The van der Waals surface area contributed by atoms with Crippen molar-refractivity contribution in [3.8, 4) is 22.6 Å². The smallest absolute Gasteiger partial charge is 0.352 e. The Morgan fingerprint density at radius 3 is 2.29 bits per heavy atom. The van der Waals surface area contributed by atoms with Crippen LogP contribution in [0.3, 0.4) is 0 Å². The zero-order valence-electron chi connectivity index (χ0n) is 13.1. The van der Waals surface area contributed by atoms with Gasteiger partial charge >= 0.3 is 5.97 Å². The highest BCUT2D eigenvalue weighted by Crippen LogP contribution is 2.31. The number of fused-ring (bicyclic) bond motifs is 1. The number of H-pyrrole nitrogens is 1. The number of benzene rings is 2. The first-order valence-corrected chi connectivity index (χ1v) is 7.16. The van der Waals surface area contributed by atoms with Gasteiger partial charge in [0.15, 0.2) is 5.43 Å². The summed E-state index contributed by atoms with van der Waals surface area (Å²) in [4.78, 5) is 26.2. The topological polar surface area (TPSA) is 88.6 Å². The van der Waals surface area contributed by atoms with Gasteiger partial charge in [0, 0.05) is 11.5 Å². The molecular weight excluding hydrogens is 310 g/mol. The number of aromatic carboxylic acids is 1. The molecule has 0 aliphatic rings. The molecule has 0 spiro atoms. The molecule has 0 saturated carbocycles. The molecule has 0 saturated heterocycles. The lowest BCUT2D eigenvalue weighted by atomic mass is 10.0. The van der Waals surface area contributed by atoms with Crippen LogP contribution >= 0.6 is 0 Å². The van der Waals surface area contributed by atoms with Crippen LogP contribution in [0.15, 0.2) is 47.3 Å². The van der Waals surface area contributed by atoms with E-state index in [9.17, 15) is 9.59 Å². The van der Waals surface area contributed by atoms with Crippen molar-refractivity contribution in [1.29, 1.82) is 0 Å². The van der Waals surface area contributed by atoms with E-state index in [1.165, 1.54) is 7.11 Å². The number of aromatic amines is 1. The van der Waals surface area contributed by atoms with E-state index >= 15 is 0 Å². The number of aromatic nitrogens is 1. The van der Waals surface area contributed by atoms with Crippen molar-refractivity contribution in [2.24, 2.45) is 0 Å². The number of carboxylic acid groups (broad SMARTS) is 1. The van der Waals surface area contributed by atoms with Gasteiger partial charge in [-0.2, -0.15) is 0 Å². The van der Waals surface area contributed by atoms with Gasteiger partial charge in [-0.3, -0.25) is 4.79 Å². The van der Waals surface area contributed by atoms with E-state index in [1.807, 2.05) is 24.3 Å². The van der Waals surface area contributed by atoms with Crippen LogP contribution in [-0.2, 0) is 0 Å². The van der Waals surface area contributed by atoms with Crippen LogP contribution in [0, 0.1) is 0 Å². The summed E-state index contributed by atoms with van der Waals surface area (Å²) in [6.45, 7) is 0. The average Bonchev–Trinajstić information content (AvgIpc) is 2.60. The second-order valence-corrected chi connectivity index (χ2v) is 5.18. The molecule has 1 heterocycles. The third kappa shape index (κ3) is 2.69. The van der Waals surface area contributed by atoms with E-state index in [1.54, 1.807) is 19.2 Å². The number of hydrogen-bond donors (Lipinski definition) is 2. The molecule has 1 aromatic heterocycles. The first-order valence-electron chi connectivity index (χ1n) is 7.16. The zero-order chi connectivity index (χ0) is 17.3. The van der Waals surface area contributed by atoms with Crippen LogP contribution in [0.5, 0.6) is 11.5 Å². The van der Waals surface area contributed by atoms with Gasteiger partial charge < -0.3 is 19.6 Å². The summed E-state index contributed by atoms with van der Waals surface area (Å²) in [6, 6.07) is 11.9. The maximum Gasteiger partial charge on any atom is 0.352 e. The molecule has 2 N–H and O–H groups in total. The molecule has 6 heteroatoms. The SMILES string of the molecule is COc1ccc(-c2cc(OC)c3[nH]c(C(=O)O)cc(=O)c3c2)cc1. The number of hydrogen-bond acceptors (Lipinski definition) is 4.